The van der Waals surface area contributed by atoms with E-state index >= 15 is 0 Å². The van der Waals surface area contributed by atoms with Gasteiger partial charge in [0.2, 0.25) is 0 Å². The summed E-state index contributed by atoms with van der Waals surface area (Å²) >= 11 is 0. The number of hydrogen-bond donors (Lipinski definition) is 1. The maximum Gasteiger partial charge on any atom is 0.0363 e. The summed E-state index contributed by atoms with van der Waals surface area (Å²) in [6.07, 6.45) is 2.71. The number of nitrogens with one attached hydrogen (secondary N) is 1. The second-order valence-electron chi connectivity index (χ2n) is 6.45. The lowest BCUT2D eigenvalue weighted by Crippen LogP contribution is -2.37. The molecule has 116 valence electrons. The zero-order valence-electron chi connectivity index (χ0n) is 12.9. The summed E-state index contributed by atoms with van der Waals surface area (Å²) < 4.78 is 11.4. The van der Waals surface area contributed by atoms with E-state index in [0.29, 0.717) is 5.92 Å². The molecule has 21 heavy (non-hydrogen) atoms. The molecule has 3 rings (SSSR count). The Morgan fingerprint density at radius 1 is 1.24 bits per heavy atom. The van der Waals surface area contributed by atoms with Crippen LogP contribution in [-0.4, -0.2) is 46.3 Å². The van der Waals surface area contributed by atoms with E-state index in [0.717, 1.165) is 43.7 Å². The van der Waals surface area contributed by atoms with Crippen LogP contribution in [0.1, 0.15) is 36.8 Å². The summed E-state index contributed by atoms with van der Waals surface area (Å²) in [5, 5.41) is 3.60. The standard InChI is InChI=1S/C17H26N2OS/c1-14(12-18-17-6-7-17)16-4-2-15(3-5-16)13-19-8-10-21(20)11-9-19/h2-5,14,17-18H,6-13H2,1H3. The largest absolute Gasteiger partial charge is 0.313 e. The van der Waals surface area contributed by atoms with Gasteiger partial charge in [0.25, 0.3) is 0 Å². The molecule has 1 unspecified atom stereocenters. The monoisotopic (exact) mass is 306 g/mol. The second-order valence-corrected chi connectivity index (χ2v) is 8.15. The van der Waals surface area contributed by atoms with Crippen LogP contribution >= 0.6 is 0 Å². The van der Waals surface area contributed by atoms with Crippen molar-refractivity contribution in [1.82, 2.24) is 10.2 Å². The van der Waals surface area contributed by atoms with Crippen LogP contribution in [0.2, 0.25) is 0 Å². The van der Waals surface area contributed by atoms with Gasteiger partial charge in [-0.25, -0.2) is 0 Å². The predicted octanol–water partition coefficient (Wildman–Crippen LogP) is 2.11. The van der Waals surface area contributed by atoms with Crippen molar-refractivity contribution in [1.29, 1.82) is 0 Å². The highest BCUT2D eigenvalue weighted by molar-refractivity contribution is 7.85. The Kier molecular flexibility index (Phi) is 5.09. The van der Waals surface area contributed by atoms with Crippen molar-refractivity contribution in [2.75, 3.05) is 31.1 Å². The molecule has 0 radical (unpaired) electrons. The Labute approximate surface area is 130 Å². The highest BCUT2D eigenvalue weighted by Crippen LogP contribution is 2.21. The molecule has 2 aliphatic rings. The van der Waals surface area contributed by atoms with Gasteiger partial charge in [-0.1, -0.05) is 31.2 Å². The zero-order valence-corrected chi connectivity index (χ0v) is 13.7. The van der Waals surface area contributed by atoms with Crippen molar-refractivity contribution in [3.63, 3.8) is 0 Å². The van der Waals surface area contributed by atoms with Gasteiger partial charge in [-0.05, 0) is 29.9 Å². The highest BCUT2D eigenvalue weighted by atomic mass is 32.2. The molecule has 2 fully saturated rings. The summed E-state index contributed by atoms with van der Waals surface area (Å²) in [5.74, 6) is 2.25. The maximum atomic E-state index is 11.4. The van der Waals surface area contributed by atoms with Crippen LogP contribution in [0.5, 0.6) is 0 Å². The van der Waals surface area contributed by atoms with Crippen molar-refractivity contribution < 1.29 is 4.21 Å². The quantitative estimate of drug-likeness (QED) is 0.873. The smallest absolute Gasteiger partial charge is 0.0363 e. The number of rotatable bonds is 6. The Morgan fingerprint density at radius 3 is 2.52 bits per heavy atom. The first-order valence-corrected chi connectivity index (χ1v) is 9.59. The Hall–Kier alpha value is -0.710. The highest BCUT2D eigenvalue weighted by Gasteiger charge is 2.21. The minimum atomic E-state index is -0.579. The first-order valence-electron chi connectivity index (χ1n) is 8.10. The third kappa shape index (κ3) is 4.63. The van der Waals surface area contributed by atoms with Gasteiger partial charge < -0.3 is 5.32 Å². The molecule has 1 aliphatic heterocycles. The van der Waals surface area contributed by atoms with E-state index in [1.807, 2.05) is 0 Å². The number of benzene rings is 1. The van der Waals surface area contributed by atoms with Crippen LogP contribution in [-0.2, 0) is 17.3 Å². The molecule has 0 aromatic heterocycles. The van der Waals surface area contributed by atoms with Gasteiger partial charge in [-0.3, -0.25) is 9.11 Å². The molecular formula is C17H26N2OS. The van der Waals surface area contributed by atoms with Crippen LogP contribution in [0.3, 0.4) is 0 Å². The molecule has 0 spiro atoms. The van der Waals surface area contributed by atoms with Gasteiger partial charge in [0.15, 0.2) is 0 Å². The molecule has 1 saturated carbocycles. The van der Waals surface area contributed by atoms with E-state index in [9.17, 15) is 4.21 Å². The predicted molar refractivity (Wildman–Crippen MR) is 89.0 cm³/mol. The van der Waals surface area contributed by atoms with E-state index in [-0.39, 0.29) is 0 Å². The van der Waals surface area contributed by atoms with Gasteiger partial charge in [0, 0.05) is 54.5 Å². The fourth-order valence-corrected chi connectivity index (χ4v) is 3.92. The van der Waals surface area contributed by atoms with Gasteiger partial charge in [-0.15, -0.1) is 0 Å². The minimum absolute atomic E-state index is 0.579. The first-order chi connectivity index (χ1) is 10.2. The molecular weight excluding hydrogens is 280 g/mol. The van der Waals surface area contributed by atoms with Crippen molar-refractivity contribution >= 4 is 10.8 Å². The molecule has 3 nitrogen and oxygen atoms in total. The lowest BCUT2D eigenvalue weighted by atomic mass is 9.99. The summed E-state index contributed by atoms with van der Waals surface area (Å²) in [6, 6.07) is 9.85. The van der Waals surface area contributed by atoms with Crippen molar-refractivity contribution in [3.05, 3.63) is 35.4 Å². The van der Waals surface area contributed by atoms with Crippen LogP contribution in [0.4, 0.5) is 0 Å². The summed E-state index contributed by atoms with van der Waals surface area (Å²) in [5.41, 5.74) is 2.79. The van der Waals surface area contributed by atoms with E-state index < -0.39 is 10.8 Å². The van der Waals surface area contributed by atoms with Crippen molar-refractivity contribution in [2.24, 2.45) is 0 Å². The molecule has 0 bridgehead atoms. The molecule has 0 amide bonds. The van der Waals surface area contributed by atoms with Gasteiger partial charge in [-0.2, -0.15) is 0 Å². The molecule has 1 heterocycles. The number of nitrogens with zero attached hydrogens (tertiary/aromatic N) is 1. The Bertz CT molecular complexity index is 474. The fourth-order valence-electron chi connectivity index (χ4n) is 2.79. The SMILES string of the molecule is CC(CNC1CC1)c1ccc(CN2CCS(=O)CC2)cc1. The van der Waals surface area contributed by atoms with Crippen LogP contribution < -0.4 is 5.32 Å². The molecule has 1 aliphatic carbocycles. The topological polar surface area (TPSA) is 32.3 Å². The minimum Gasteiger partial charge on any atom is -0.313 e. The zero-order chi connectivity index (χ0) is 14.7. The van der Waals surface area contributed by atoms with Gasteiger partial charge >= 0.3 is 0 Å². The molecule has 1 saturated heterocycles. The summed E-state index contributed by atoms with van der Waals surface area (Å²) in [7, 11) is -0.579. The van der Waals surface area contributed by atoms with E-state index in [2.05, 4.69) is 41.4 Å². The van der Waals surface area contributed by atoms with Gasteiger partial charge in [0.1, 0.15) is 0 Å². The maximum absolute atomic E-state index is 11.4. The molecule has 1 atom stereocenters. The number of hydrogen-bond acceptors (Lipinski definition) is 3. The van der Waals surface area contributed by atoms with Crippen molar-refractivity contribution in [2.45, 2.75) is 38.3 Å². The van der Waals surface area contributed by atoms with E-state index in [4.69, 9.17) is 0 Å². The molecule has 1 aromatic rings. The lowest BCUT2D eigenvalue weighted by Gasteiger charge is -2.26. The van der Waals surface area contributed by atoms with Gasteiger partial charge in [0.05, 0.1) is 0 Å². The third-order valence-corrected chi connectivity index (χ3v) is 5.79. The Balaban J connectivity index is 1.49. The first kappa shape index (κ1) is 15.2. The van der Waals surface area contributed by atoms with Crippen LogP contribution in [0.25, 0.3) is 0 Å². The second kappa shape index (κ2) is 7.03. The van der Waals surface area contributed by atoms with Crippen LogP contribution in [0.15, 0.2) is 24.3 Å². The van der Waals surface area contributed by atoms with Crippen molar-refractivity contribution in [3.8, 4) is 0 Å². The average Bonchev–Trinajstić information content (AvgIpc) is 3.32. The average molecular weight is 306 g/mol. The summed E-state index contributed by atoms with van der Waals surface area (Å²) in [6.45, 7) is 6.31. The Morgan fingerprint density at radius 2 is 1.90 bits per heavy atom. The third-order valence-electron chi connectivity index (χ3n) is 4.52. The molecule has 1 aromatic carbocycles. The molecule has 4 heteroatoms. The summed E-state index contributed by atoms with van der Waals surface area (Å²) in [4.78, 5) is 2.41. The van der Waals surface area contributed by atoms with Crippen LogP contribution in [0, 0.1) is 0 Å². The fraction of sp³-hybridized carbons (Fsp3) is 0.647. The van der Waals surface area contributed by atoms with E-state index in [1.54, 1.807) is 0 Å². The molecule has 1 N–H and O–H groups in total. The van der Waals surface area contributed by atoms with E-state index in [1.165, 1.54) is 24.0 Å². The lowest BCUT2D eigenvalue weighted by molar-refractivity contribution is 0.291. The normalized spacial score (nSPS) is 22.3.